The molecule has 2 heteroatoms. The Kier molecular flexibility index (Phi) is 1.70. The van der Waals surface area contributed by atoms with Gasteiger partial charge in [-0.1, -0.05) is 12.1 Å². The topological polar surface area (TPSA) is 15.3 Å². The second-order valence-corrected chi connectivity index (χ2v) is 5.70. The Balaban J connectivity index is 1.67. The normalized spacial score (nSPS) is 25.1. The molecule has 1 saturated heterocycles. The van der Waals surface area contributed by atoms with Gasteiger partial charge in [-0.05, 0) is 43.0 Å². The summed E-state index contributed by atoms with van der Waals surface area (Å²) < 4.78 is 0. The van der Waals surface area contributed by atoms with E-state index >= 15 is 0 Å². The second-order valence-electron chi connectivity index (χ2n) is 5.70. The lowest BCUT2D eigenvalue weighted by Crippen LogP contribution is -2.49. The molecule has 2 heterocycles. The Hall–Kier alpha value is -1.02. The van der Waals surface area contributed by atoms with E-state index in [1.54, 1.807) is 5.56 Å². The summed E-state index contributed by atoms with van der Waals surface area (Å²) in [7, 11) is 0. The zero-order valence-corrected chi connectivity index (χ0v) is 9.63. The smallest absolute Gasteiger partial charge is 0.0402 e. The molecule has 0 aromatic heterocycles. The van der Waals surface area contributed by atoms with Crippen LogP contribution < -0.4 is 10.2 Å². The van der Waals surface area contributed by atoms with Gasteiger partial charge >= 0.3 is 0 Å². The van der Waals surface area contributed by atoms with E-state index in [0.717, 1.165) is 18.5 Å². The molecule has 0 unspecified atom stereocenters. The minimum atomic E-state index is 0.760. The summed E-state index contributed by atoms with van der Waals surface area (Å²) in [6.45, 7) is 4.83. The molecule has 2 aliphatic heterocycles. The van der Waals surface area contributed by atoms with E-state index in [0.29, 0.717) is 0 Å². The van der Waals surface area contributed by atoms with Crippen LogP contribution in [0.3, 0.4) is 0 Å². The molecule has 4 rings (SSSR count). The summed E-state index contributed by atoms with van der Waals surface area (Å²) >= 11 is 0. The highest BCUT2D eigenvalue weighted by atomic mass is 15.2. The average molecular weight is 214 g/mol. The number of nitrogens with one attached hydrogen (secondary N) is 1. The fourth-order valence-corrected chi connectivity index (χ4v) is 3.23. The molecule has 1 N–H and O–H groups in total. The van der Waals surface area contributed by atoms with Crippen LogP contribution in [0, 0.1) is 5.41 Å². The lowest BCUT2D eigenvalue weighted by molar-refractivity contribution is 0.386. The maximum atomic E-state index is 3.45. The van der Waals surface area contributed by atoms with Crippen LogP contribution in [-0.4, -0.2) is 19.6 Å². The van der Waals surface area contributed by atoms with Crippen LogP contribution in [0.15, 0.2) is 18.2 Å². The van der Waals surface area contributed by atoms with Crippen molar-refractivity contribution in [1.29, 1.82) is 0 Å². The van der Waals surface area contributed by atoms with Crippen molar-refractivity contribution >= 4 is 5.69 Å². The van der Waals surface area contributed by atoms with Gasteiger partial charge in [-0.2, -0.15) is 0 Å². The van der Waals surface area contributed by atoms with E-state index < -0.39 is 0 Å². The molecule has 1 saturated carbocycles. The lowest BCUT2D eigenvalue weighted by atomic mass is 9.92. The molecule has 84 valence electrons. The van der Waals surface area contributed by atoms with Gasteiger partial charge in [-0.3, -0.25) is 0 Å². The largest absolute Gasteiger partial charge is 0.370 e. The first kappa shape index (κ1) is 9.06. The van der Waals surface area contributed by atoms with Crippen molar-refractivity contribution in [2.45, 2.75) is 25.8 Å². The first-order valence-corrected chi connectivity index (χ1v) is 6.43. The molecular formula is C14H18N2. The molecule has 2 fully saturated rings. The quantitative estimate of drug-likeness (QED) is 0.768. The van der Waals surface area contributed by atoms with Crippen molar-refractivity contribution in [3.05, 3.63) is 29.3 Å². The van der Waals surface area contributed by atoms with Gasteiger partial charge < -0.3 is 10.2 Å². The van der Waals surface area contributed by atoms with Gasteiger partial charge in [0.05, 0.1) is 0 Å². The molecule has 1 spiro atoms. The molecule has 0 bridgehead atoms. The van der Waals surface area contributed by atoms with E-state index in [2.05, 4.69) is 28.4 Å². The maximum Gasteiger partial charge on any atom is 0.0402 e. The Morgan fingerprint density at radius 3 is 2.88 bits per heavy atom. The van der Waals surface area contributed by atoms with Crippen LogP contribution in [-0.2, 0) is 13.0 Å². The van der Waals surface area contributed by atoms with Crippen LogP contribution in [0.1, 0.15) is 24.0 Å². The minimum absolute atomic E-state index is 0.760. The van der Waals surface area contributed by atoms with E-state index in [-0.39, 0.29) is 0 Å². The van der Waals surface area contributed by atoms with Crippen LogP contribution in [0.25, 0.3) is 0 Å². The molecule has 0 amide bonds. The summed E-state index contributed by atoms with van der Waals surface area (Å²) in [5.74, 6) is 0. The molecule has 3 aliphatic rings. The predicted octanol–water partition coefficient (Wildman–Crippen LogP) is 1.93. The molecule has 0 atom stereocenters. The van der Waals surface area contributed by atoms with E-state index in [1.807, 2.05) is 0 Å². The zero-order chi connectivity index (χ0) is 10.6. The highest BCUT2D eigenvalue weighted by Gasteiger charge is 2.52. The number of rotatable bonds is 1. The standard InChI is InChI=1S/C14H18N2/c1-2-11-8-15-7-4-12(11)13(3-1)16-9-14(10-16)5-6-14/h1-3,15H,4-10H2. The Labute approximate surface area is 96.6 Å². The molecular weight excluding hydrogens is 196 g/mol. The maximum absolute atomic E-state index is 3.45. The number of nitrogens with zero attached hydrogens (tertiary/aromatic N) is 1. The predicted molar refractivity (Wildman–Crippen MR) is 65.7 cm³/mol. The molecule has 2 nitrogen and oxygen atoms in total. The van der Waals surface area contributed by atoms with Crippen molar-refractivity contribution in [2.24, 2.45) is 5.41 Å². The van der Waals surface area contributed by atoms with Gasteiger partial charge in [-0.25, -0.2) is 0 Å². The SMILES string of the molecule is c1cc2c(c(N3CC4(CC4)C3)c1)CCNC2. The summed E-state index contributed by atoms with van der Waals surface area (Å²) in [4.78, 5) is 2.59. The third kappa shape index (κ3) is 1.23. The van der Waals surface area contributed by atoms with Gasteiger partial charge in [0.1, 0.15) is 0 Å². The molecule has 16 heavy (non-hydrogen) atoms. The summed E-state index contributed by atoms with van der Waals surface area (Å²) in [5, 5.41) is 3.45. The van der Waals surface area contributed by atoms with Crippen LogP contribution in [0.4, 0.5) is 5.69 Å². The zero-order valence-electron chi connectivity index (χ0n) is 9.63. The molecule has 1 aromatic rings. The van der Waals surface area contributed by atoms with Crippen molar-refractivity contribution in [1.82, 2.24) is 5.32 Å². The van der Waals surface area contributed by atoms with E-state index in [4.69, 9.17) is 0 Å². The minimum Gasteiger partial charge on any atom is -0.370 e. The number of fused-ring (bicyclic) bond motifs is 1. The van der Waals surface area contributed by atoms with Gasteiger partial charge in [0.25, 0.3) is 0 Å². The number of hydrogen-bond acceptors (Lipinski definition) is 2. The Bertz CT molecular complexity index is 426. The highest BCUT2D eigenvalue weighted by molar-refractivity contribution is 5.60. The first-order chi connectivity index (χ1) is 7.86. The number of anilines is 1. The monoisotopic (exact) mass is 214 g/mol. The summed E-state index contributed by atoms with van der Waals surface area (Å²) in [5.41, 5.74) is 5.41. The highest BCUT2D eigenvalue weighted by Crippen LogP contribution is 2.54. The van der Waals surface area contributed by atoms with E-state index in [1.165, 1.54) is 43.6 Å². The van der Waals surface area contributed by atoms with Gasteiger partial charge in [0, 0.05) is 30.7 Å². The van der Waals surface area contributed by atoms with Crippen LogP contribution in [0.5, 0.6) is 0 Å². The Morgan fingerprint density at radius 2 is 2.06 bits per heavy atom. The average Bonchev–Trinajstić information content (AvgIpc) is 3.07. The fourth-order valence-electron chi connectivity index (χ4n) is 3.23. The van der Waals surface area contributed by atoms with Gasteiger partial charge in [0.2, 0.25) is 0 Å². The van der Waals surface area contributed by atoms with Crippen molar-refractivity contribution in [2.75, 3.05) is 24.5 Å². The summed E-state index contributed by atoms with van der Waals surface area (Å²) in [6.07, 6.45) is 4.15. The Morgan fingerprint density at radius 1 is 1.19 bits per heavy atom. The lowest BCUT2D eigenvalue weighted by Gasteiger charge is -2.43. The number of hydrogen-bond donors (Lipinski definition) is 1. The van der Waals surface area contributed by atoms with Crippen LogP contribution >= 0.6 is 0 Å². The van der Waals surface area contributed by atoms with Crippen molar-refractivity contribution < 1.29 is 0 Å². The molecule has 1 aromatic carbocycles. The second kappa shape index (κ2) is 3.01. The third-order valence-electron chi connectivity index (χ3n) is 4.47. The molecule has 0 radical (unpaired) electrons. The summed E-state index contributed by atoms with van der Waals surface area (Å²) in [6, 6.07) is 6.82. The van der Waals surface area contributed by atoms with Crippen LogP contribution in [0.2, 0.25) is 0 Å². The van der Waals surface area contributed by atoms with Gasteiger partial charge in [0.15, 0.2) is 0 Å². The van der Waals surface area contributed by atoms with Crippen molar-refractivity contribution in [3.8, 4) is 0 Å². The van der Waals surface area contributed by atoms with Gasteiger partial charge in [-0.15, -0.1) is 0 Å². The van der Waals surface area contributed by atoms with E-state index in [9.17, 15) is 0 Å². The first-order valence-electron chi connectivity index (χ1n) is 6.43. The third-order valence-corrected chi connectivity index (χ3v) is 4.47. The fraction of sp³-hybridized carbons (Fsp3) is 0.571. The number of benzene rings is 1. The van der Waals surface area contributed by atoms with Crippen molar-refractivity contribution in [3.63, 3.8) is 0 Å². The molecule has 1 aliphatic carbocycles.